The molecule has 1 aliphatic rings. The maximum Gasteiger partial charge on any atom is 0.257 e. The Kier molecular flexibility index (Phi) is 6.28. The van der Waals surface area contributed by atoms with Gasteiger partial charge in [-0.1, -0.05) is 11.6 Å². The van der Waals surface area contributed by atoms with Crippen LogP contribution in [0.2, 0.25) is 5.15 Å². The summed E-state index contributed by atoms with van der Waals surface area (Å²) >= 11 is 5.91. The van der Waals surface area contributed by atoms with E-state index in [4.69, 9.17) is 16.3 Å². The van der Waals surface area contributed by atoms with Crippen LogP contribution in [0.1, 0.15) is 24.2 Å². The number of hydrogen-bond acceptors (Lipinski definition) is 7. The van der Waals surface area contributed by atoms with Crippen molar-refractivity contribution in [3.63, 3.8) is 0 Å². The van der Waals surface area contributed by atoms with E-state index in [0.717, 1.165) is 6.26 Å². The van der Waals surface area contributed by atoms with Gasteiger partial charge in [0.1, 0.15) is 16.7 Å². The molecule has 156 valence electrons. The molecule has 0 radical (unpaired) electrons. The zero-order chi connectivity index (χ0) is 21.2. The molecular weight excluding hydrogens is 416 g/mol. The molecule has 1 fully saturated rings. The van der Waals surface area contributed by atoms with Crippen molar-refractivity contribution in [1.29, 1.82) is 0 Å². The number of carbonyl (C=O) groups excluding carboxylic acids is 1. The molecule has 0 spiro atoms. The third-order valence-electron chi connectivity index (χ3n) is 4.46. The number of amides is 1. The van der Waals surface area contributed by atoms with E-state index >= 15 is 0 Å². The van der Waals surface area contributed by atoms with Gasteiger partial charge in [-0.2, -0.15) is 0 Å². The van der Waals surface area contributed by atoms with Crippen molar-refractivity contribution in [3.8, 4) is 5.75 Å². The van der Waals surface area contributed by atoms with Crippen LogP contribution in [0, 0.1) is 0 Å². The maximum atomic E-state index is 13.2. The number of hydrogen-bond donors (Lipinski definition) is 0. The van der Waals surface area contributed by atoms with Crippen LogP contribution >= 0.6 is 11.6 Å². The van der Waals surface area contributed by atoms with Crippen molar-refractivity contribution in [1.82, 2.24) is 14.9 Å². The fourth-order valence-corrected chi connectivity index (χ4v) is 3.85. The Hall–Kier alpha value is -2.39. The molecule has 2 aromatic rings. The van der Waals surface area contributed by atoms with Gasteiger partial charge < -0.3 is 14.5 Å². The van der Waals surface area contributed by atoms with Gasteiger partial charge in [-0.05, 0) is 32.0 Å². The number of piperazine rings is 1. The highest BCUT2D eigenvalue weighted by Crippen LogP contribution is 2.26. The van der Waals surface area contributed by atoms with Crippen molar-refractivity contribution < 1.29 is 17.9 Å². The average molecular weight is 439 g/mol. The van der Waals surface area contributed by atoms with E-state index in [1.807, 2.05) is 18.7 Å². The van der Waals surface area contributed by atoms with Crippen LogP contribution in [0.5, 0.6) is 5.75 Å². The second-order valence-corrected chi connectivity index (χ2v) is 9.48. The Labute approximate surface area is 175 Å². The summed E-state index contributed by atoms with van der Waals surface area (Å²) in [7, 11) is -3.45. The molecule has 0 unspecified atom stereocenters. The summed E-state index contributed by atoms with van der Waals surface area (Å²) in [5.41, 5.74) is 0.248. The van der Waals surface area contributed by atoms with Crippen LogP contribution in [0.3, 0.4) is 0 Å². The standard InChI is InChI=1S/C19H23ClN4O4S/c1-13(2)28-16-5-4-14(29(3,26)27)10-15(16)19(25)24-8-6-23(7-9-24)18-12-21-11-17(20)22-18/h4-5,10-13H,6-9H2,1-3H3. The quantitative estimate of drug-likeness (QED) is 0.706. The number of benzene rings is 1. The largest absolute Gasteiger partial charge is 0.490 e. The lowest BCUT2D eigenvalue weighted by Crippen LogP contribution is -2.49. The SMILES string of the molecule is CC(C)Oc1ccc(S(C)(=O)=O)cc1C(=O)N1CCN(c2cncc(Cl)n2)CC1. The first-order valence-electron chi connectivity index (χ1n) is 9.17. The van der Waals surface area contributed by atoms with Gasteiger partial charge in [0, 0.05) is 32.4 Å². The highest BCUT2D eigenvalue weighted by atomic mass is 35.5. The number of ether oxygens (including phenoxy) is 1. The fourth-order valence-electron chi connectivity index (χ4n) is 3.06. The van der Waals surface area contributed by atoms with Gasteiger partial charge in [-0.3, -0.25) is 9.78 Å². The minimum atomic E-state index is -3.45. The molecule has 1 amide bonds. The average Bonchev–Trinajstić information content (AvgIpc) is 2.66. The Bertz CT molecular complexity index is 1010. The van der Waals surface area contributed by atoms with E-state index in [9.17, 15) is 13.2 Å². The molecule has 1 aromatic heterocycles. The van der Waals surface area contributed by atoms with Gasteiger partial charge in [-0.15, -0.1) is 0 Å². The summed E-state index contributed by atoms with van der Waals surface area (Å²) in [5, 5.41) is 0.314. The van der Waals surface area contributed by atoms with Crippen LogP contribution in [0.25, 0.3) is 0 Å². The monoisotopic (exact) mass is 438 g/mol. The second kappa shape index (κ2) is 8.54. The van der Waals surface area contributed by atoms with Crippen LogP contribution in [0.4, 0.5) is 5.82 Å². The third-order valence-corrected chi connectivity index (χ3v) is 5.75. The van der Waals surface area contributed by atoms with Crippen LogP contribution in [-0.4, -0.2) is 67.7 Å². The molecule has 1 aromatic carbocycles. The number of sulfone groups is 1. The molecule has 3 rings (SSSR count). The number of carbonyl (C=O) groups is 1. The van der Waals surface area contributed by atoms with E-state index in [0.29, 0.717) is 42.9 Å². The zero-order valence-electron chi connectivity index (χ0n) is 16.5. The summed E-state index contributed by atoms with van der Waals surface area (Å²) in [6.07, 6.45) is 4.07. The van der Waals surface area contributed by atoms with Gasteiger partial charge in [0.25, 0.3) is 5.91 Å². The van der Waals surface area contributed by atoms with E-state index in [1.54, 1.807) is 17.2 Å². The summed E-state index contributed by atoms with van der Waals surface area (Å²) < 4.78 is 29.6. The van der Waals surface area contributed by atoms with Crippen molar-refractivity contribution in [2.24, 2.45) is 0 Å². The normalized spacial score (nSPS) is 14.9. The number of halogens is 1. The summed E-state index contributed by atoms with van der Waals surface area (Å²) in [6.45, 7) is 5.74. The molecule has 1 saturated heterocycles. The molecule has 0 N–H and O–H groups in total. The molecular formula is C19H23ClN4O4S. The number of rotatable bonds is 5. The molecule has 0 aliphatic carbocycles. The van der Waals surface area contributed by atoms with E-state index in [2.05, 4.69) is 9.97 Å². The Morgan fingerprint density at radius 3 is 2.45 bits per heavy atom. The van der Waals surface area contributed by atoms with Gasteiger partial charge in [0.05, 0.1) is 29.0 Å². The van der Waals surface area contributed by atoms with Gasteiger partial charge in [0.2, 0.25) is 0 Å². The van der Waals surface area contributed by atoms with Crippen LogP contribution < -0.4 is 9.64 Å². The maximum absolute atomic E-state index is 13.2. The molecule has 29 heavy (non-hydrogen) atoms. The van der Waals surface area contributed by atoms with E-state index < -0.39 is 9.84 Å². The minimum absolute atomic E-state index is 0.0878. The third kappa shape index (κ3) is 5.16. The van der Waals surface area contributed by atoms with Crippen molar-refractivity contribution >= 4 is 33.2 Å². The first-order valence-corrected chi connectivity index (χ1v) is 11.4. The van der Waals surface area contributed by atoms with Gasteiger partial charge >= 0.3 is 0 Å². The molecule has 10 heteroatoms. The summed E-state index contributed by atoms with van der Waals surface area (Å²) in [6, 6.07) is 4.39. The van der Waals surface area contributed by atoms with Crippen LogP contribution in [0.15, 0.2) is 35.5 Å². The molecule has 8 nitrogen and oxygen atoms in total. The Morgan fingerprint density at radius 2 is 1.86 bits per heavy atom. The highest BCUT2D eigenvalue weighted by molar-refractivity contribution is 7.90. The van der Waals surface area contributed by atoms with E-state index in [-0.39, 0.29) is 22.5 Å². The molecule has 1 aliphatic heterocycles. The predicted octanol–water partition coefficient (Wildman–Crippen LogP) is 2.28. The van der Waals surface area contributed by atoms with Gasteiger partial charge in [-0.25, -0.2) is 13.4 Å². The summed E-state index contributed by atoms with van der Waals surface area (Å²) in [4.78, 5) is 25.2. The predicted molar refractivity (Wildman–Crippen MR) is 110 cm³/mol. The fraction of sp³-hybridized carbons (Fsp3) is 0.421. The number of nitrogens with zero attached hydrogens (tertiary/aromatic N) is 4. The lowest BCUT2D eigenvalue weighted by atomic mass is 10.1. The van der Waals surface area contributed by atoms with Gasteiger partial charge in [0.15, 0.2) is 9.84 Å². The first kappa shape index (κ1) is 21.3. The lowest BCUT2D eigenvalue weighted by Gasteiger charge is -2.35. The smallest absolute Gasteiger partial charge is 0.257 e. The zero-order valence-corrected chi connectivity index (χ0v) is 18.1. The number of anilines is 1. The second-order valence-electron chi connectivity index (χ2n) is 7.08. The van der Waals surface area contributed by atoms with Crippen molar-refractivity contribution in [2.45, 2.75) is 24.8 Å². The number of aromatic nitrogens is 2. The molecule has 2 heterocycles. The molecule has 0 bridgehead atoms. The van der Waals surface area contributed by atoms with Crippen LogP contribution in [-0.2, 0) is 9.84 Å². The minimum Gasteiger partial charge on any atom is -0.490 e. The topological polar surface area (TPSA) is 92.7 Å². The molecule has 0 saturated carbocycles. The van der Waals surface area contributed by atoms with Crippen molar-refractivity contribution in [3.05, 3.63) is 41.3 Å². The Balaban J connectivity index is 1.81. The lowest BCUT2D eigenvalue weighted by molar-refractivity contribution is 0.0740. The van der Waals surface area contributed by atoms with E-state index in [1.165, 1.54) is 18.3 Å². The highest BCUT2D eigenvalue weighted by Gasteiger charge is 2.26. The van der Waals surface area contributed by atoms with Crippen molar-refractivity contribution in [2.75, 3.05) is 37.3 Å². The molecule has 0 atom stereocenters. The Morgan fingerprint density at radius 1 is 1.17 bits per heavy atom. The summed E-state index contributed by atoms with van der Waals surface area (Å²) in [5.74, 6) is 0.774. The first-order chi connectivity index (χ1) is 13.6.